The van der Waals surface area contributed by atoms with Gasteiger partial charge >= 0.3 is 0 Å². The van der Waals surface area contributed by atoms with E-state index in [-0.39, 0.29) is 16.9 Å². The van der Waals surface area contributed by atoms with Gasteiger partial charge in [-0.15, -0.1) is 0 Å². The first-order valence-corrected chi connectivity index (χ1v) is 10.1. The second-order valence-corrected chi connectivity index (χ2v) is 9.96. The van der Waals surface area contributed by atoms with Gasteiger partial charge < -0.3 is 14.8 Å². The van der Waals surface area contributed by atoms with Crippen LogP contribution < -0.4 is 14.8 Å². The summed E-state index contributed by atoms with van der Waals surface area (Å²) in [4.78, 5) is 9.66. The molecule has 2 heterocycles. The van der Waals surface area contributed by atoms with Crippen molar-refractivity contribution in [3.05, 3.63) is 46.5 Å². The van der Waals surface area contributed by atoms with E-state index < -0.39 is 0 Å². The van der Waals surface area contributed by atoms with E-state index in [1.807, 2.05) is 6.20 Å². The zero-order valence-electron chi connectivity index (χ0n) is 17.8. The van der Waals surface area contributed by atoms with E-state index in [4.69, 9.17) is 19.4 Å². The molecule has 0 amide bonds. The van der Waals surface area contributed by atoms with E-state index in [1.54, 1.807) is 0 Å². The average Bonchev–Trinajstić information content (AvgIpc) is 3.04. The lowest BCUT2D eigenvalue weighted by molar-refractivity contribution is 0.174. The molecular weight excluding hydrogens is 350 g/mol. The van der Waals surface area contributed by atoms with Crippen LogP contribution in [-0.2, 0) is 18.4 Å². The van der Waals surface area contributed by atoms with Crippen LogP contribution in [0.5, 0.6) is 11.5 Å². The fourth-order valence-electron chi connectivity index (χ4n) is 4.10. The molecule has 0 saturated carbocycles. The molecule has 0 bridgehead atoms. The minimum absolute atomic E-state index is 0.0385. The van der Waals surface area contributed by atoms with E-state index in [0.717, 1.165) is 36.7 Å². The lowest BCUT2D eigenvalue weighted by Crippen LogP contribution is -2.35. The van der Waals surface area contributed by atoms with Crippen molar-refractivity contribution in [2.24, 2.45) is 5.41 Å². The molecule has 0 spiro atoms. The van der Waals surface area contributed by atoms with Crippen molar-refractivity contribution >= 4 is 0 Å². The highest BCUT2D eigenvalue weighted by molar-refractivity contribution is 5.48. The van der Waals surface area contributed by atoms with E-state index in [1.165, 1.54) is 22.4 Å². The lowest BCUT2D eigenvalue weighted by Gasteiger charge is -2.37. The molecule has 0 saturated heterocycles. The first-order valence-electron chi connectivity index (χ1n) is 10.1. The summed E-state index contributed by atoms with van der Waals surface area (Å²) in [6, 6.07) is 4.41. The molecule has 0 fully saturated rings. The van der Waals surface area contributed by atoms with Crippen LogP contribution in [0.1, 0.15) is 75.3 Å². The SMILES string of the molecule is Cc1cc2c(cc1CNC1CC(C)(C)Cc3nc(C(C)(C)C)ncc31)OCO2. The molecule has 1 aromatic heterocycles. The molecule has 5 heteroatoms. The summed E-state index contributed by atoms with van der Waals surface area (Å²) < 4.78 is 11.0. The van der Waals surface area contributed by atoms with Gasteiger partial charge in [-0.05, 0) is 48.4 Å². The van der Waals surface area contributed by atoms with Crippen molar-refractivity contribution in [3.63, 3.8) is 0 Å². The van der Waals surface area contributed by atoms with Crippen LogP contribution in [0.3, 0.4) is 0 Å². The Morgan fingerprint density at radius 2 is 1.89 bits per heavy atom. The number of benzene rings is 1. The molecule has 4 rings (SSSR count). The maximum absolute atomic E-state index is 5.55. The third-order valence-corrected chi connectivity index (χ3v) is 5.72. The van der Waals surface area contributed by atoms with Crippen molar-refractivity contribution in [1.29, 1.82) is 0 Å². The molecule has 1 unspecified atom stereocenters. The Labute approximate surface area is 167 Å². The van der Waals surface area contributed by atoms with Gasteiger partial charge in [0.2, 0.25) is 6.79 Å². The minimum atomic E-state index is -0.0385. The number of hydrogen-bond acceptors (Lipinski definition) is 5. The molecule has 150 valence electrons. The lowest BCUT2D eigenvalue weighted by atomic mass is 9.74. The summed E-state index contributed by atoms with van der Waals surface area (Å²) >= 11 is 0. The van der Waals surface area contributed by atoms with Gasteiger partial charge in [-0.25, -0.2) is 9.97 Å². The molecule has 28 heavy (non-hydrogen) atoms. The van der Waals surface area contributed by atoms with Crippen LogP contribution in [0, 0.1) is 12.3 Å². The number of ether oxygens (including phenoxy) is 2. The van der Waals surface area contributed by atoms with Gasteiger partial charge in [0.1, 0.15) is 5.82 Å². The number of hydrogen-bond donors (Lipinski definition) is 1. The molecule has 2 aromatic rings. The summed E-state index contributed by atoms with van der Waals surface area (Å²) in [6.07, 6.45) is 4.11. The fraction of sp³-hybridized carbons (Fsp3) is 0.565. The second kappa shape index (κ2) is 6.73. The summed E-state index contributed by atoms with van der Waals surface area (Å²) in [7, 11) is 0. The third kappa shape index (κ3) is 3.72. The topological polar surface area (TPSA) is 56.3 Å². The Morgan fingerprint density at radius 3 is 2.61 bits per heavy atom. The highest BCUT2D eigenvalue weighted by Crippen LogP contribution is 2.41. The molecule has 0 radical (unpaired) electrons. The zero-order valence-corrected chi connectivity index (χ0v) is 17.8. The molecule has 5 nitrogen and oxygen atoms in total. The Balaban J connectivity index is 1.59. The zero-order chi connectivity index (χ0) is 20.1. The van der Waals surface area contributed by atoms with Gasteiger partial charge in [-0.2, -0.15) is 0 Å². The van der Waals surface area contributed by atoms with Crippen molar-refractivity contribution in [3.8, 4) is 11.5 Å². The van der Waals surface area contributed by atoms with Crippen molar-refractivity contribution in [2.75, 3.05) is 6.79 Å². The van der Waals surface area contributed by atoms with Crippen LogP contribution >= 0.6 is 0 Å². The molecule has 1 aliphatic carbocycles. The van der Waals surface area contributed by atoms with Gasteiger partial charge in [0.15, 0.2) is 11.5 Å². The molecule has 1 aromatic carbocycles. The number of aromatic nitrogens is 2. The Bertz CT molecular complexity index is 899. The Hall–Kier alpha value is -2.14. The fourth-order valence-corrected chi connectivity index (χ4v) is 4.10. The van der Waals surface area contributed by atoms with Crippen LogP contribution in [-0.4, -0.2) is 16.8 Å². The number of aryl methyl sites for hydroxylation is 1. The predicted octanol–water partition coefficient (Wildman–Crippen LogP) is 4.61. The Morgan fingerprint density at radius 1 is 1.18 bits per heavy atom. The first kappa shape index (κ1) is 19.2. The van der Waals surface area contributed by atoms with E-state index in [0.29, 0.717) is 6.79 Å². The summed E-state index contributed by atoms with van der Waals surface area (Å²) in [5, 5.41) is 3.76. The third-order valence-electron chi connectivity index (χ3n) is 5.72. The molecule has 1 atom stereocenters. The largest absolute Gasteiger partial charge is 0.454 e. The van der Waals surface area contributed by atoms with Crippen LogP contribution in [0.25, 0.3) is 0 Å². The molecule has 2 aliphatic rings. The normalized spacial score (nSPS) is 20.1. The smallest absolute Gasteiger partial charge is 0.231 e. The second-order valence-electron chi connectivity index (χ2n) is 9.96. The number of rotatable bonds is 3. The number of fused-ring (bicyclic) bond motifs is 2. The van der Waals surface area contributed by atoms with Crippen molar-refractivity contribution < 1.29 is 9.47 Å². The van der Waals surface area contributed by atoms with E-state index in [9.17, 15) is 0 Å². The van der Waals surface area contributed by atoms with Crippen molar-refractivity contribution in [1.82, 2.24) is 15.3 Å². The summed E-state index contributed by atoms with van der Waals surface area (Å²) in [5.41, 5.74) is 5.05. The van der Waals surface area contributed by atoms with Gasteiger partial charge in [-0.3, -0.25) is 0 Å². The van der Waals surface area contributed by atoms with Gasteiger partial charge in [0.05, 0.1) is 0 Å². The maximum Gasteiger partial charge on any atom is 0.231 e. The highest BCUT2D eigenvalue weighted by atomic mass is 16.7. The number of nitrogens with zero attached hydrogens (tertiary/aromatic N) is 2. The maximum atomic E-state index is 5.55. The predicted molar refractivity (Wildman–Crippen MR) is 110 cm³/mol. The highest BCUT2D eigenvalue weighted by Gasteiger charge is 2.34. The van der Waals surface area contributed by atoms with Gasteiger partial charge in [0.25, 0.3) is 0 Å². The van der Waals surface area contributed by atoms with E-state index >= 15 is 0 Å². The Kier molecular flexibility index (Phi) is 4.61. The van der Waals surface area contributed by atoms with Crippen LogP contribution in [0.15, 0.2) is 18.3 Å². The summed E-state index contributed by atoms with van der Waals surface area (Å²) in [5.74, 6) is 2.60. The number of nitrogens with one attached hydrogen (secondary N) is 1. The van der Waals surface area contributed by atoms with Crippen molar-refractivity contribution in [2.45, 2.75) is 72.4 Å². The van der Waals surface area contributed by atoms with Gasteiger partial charge in [-0.1, -0.05) is 34.6 Å². The van der Waals surface area contributed by atoms with Gasteiger partial charge in [0, 0.05) is 35.5 Å². The van der Waals surface area contributed by atoms with Crippen LogP contribution in [0.2, 0.25) is 0 Å². The molecule has 1 N–H and O–H groups in total. The minimum Gasteiger partial charge on any atom is -0.454 e. The summed E-state index contributed by atoms with van der Waals surface area (Å²) in [6.45, 7) is 14.4. The standard InChI is InChI=1S/C23H31N3O2/c1-14-7-19-20(28-13-27-19)8-15(14)11-24-17-9-23(5,6)10-18-16(17)12-25-21(26-18)22(2,3)4/h7-8,12,17,24H,9-11,13H2,1-6H3. The van der Waals surface area contributed by atoms with E-state index in [2.05, 4.69) is 59.0 Å². The monoisotopic (exact) mass is 381 g/mol. The first-order chi connectivity index (χ1) is 13.1. The molecule has 1 aliphatic heterocycles. The molecular formula is C23H31N3O2. The quantitative estimate of drug-likeness (QED) is 0.841. The average molecular weight is 382 g/mol. The van der Waals surface area contributed by atoms with Crippen LogP contribution in [0.4, 0.5) is 0 Å².